The predicted octanol–water partition coefficient (Wildman–Crippen LogP) is 6.03. The maximum Gasteiger partial charge on any atom is 0.472 e. The molecule has 11 nitrogen and oxygen atoms in total. The molecule has 0 bridgehead atoms. The molecule has 0 saturated heterocycles. The molecule has 0 spiro atoms. The minimum Gasteiger partial charge on any atom is -0.481 e. The Morgan fingerprint density at radius 2 is 1.07 bits per heavy atom. The number of carboxylic acid groups (broad SMARTS) is 2. The van der Waals surface area contributed by atoms with Gasteiger partial charge >= 0.3 is 19.8 Å². The number of quaternary nitrogens is 1. The number of carbonyl (C=O) groups is 2. The molecular formula is C29H59NO10P+. The van der Waals surface area contributed by atoms with Gasteiger partial charge in [-0.25, -0.2) is 4.57 Å². The monoisotopic (exact) mass is 612 g/mol. The molecule has 3 N–H and O–H groups in total. The maximum absolute atomic E-state index is 12.2. The van der Waals surface area contributed by atoms with Gasteiger partial charge in [-0.3, -0.25) is 18.6 Å². The third-order valence-corrected chi connectivity index (χ3v) is 7.55. The Hall–Kier alpha value is -1.07. The molecule has 0 amide bonds. The van der Waals surface area contributed by atoms with E-state index in [2.05, 4.69) is 0 Å². The van der Waals surface area contributed by atoms with E-state index in [1.165, 1.54) is 44.9 Å². The van der Waals surface area contributed by atoms with Crippen LogP contribution in [-0.2, 0) is 32.7 Å². The first kappa shape index (κ1) is 39.9. The van der Waals surface area contributed by atoms with Crippen molar-refractivity contribution in [2.45, 2.75) is 115 Å². The highest BCUT2D eigenvalue weighted by atomic mass is 31.2. The number of aliphatic carboxylic acids is 2. The average Bonchev–Trinajstić information content (AvgIpc) is 2.87. The molecule has 41 heavy (non-hydrogen) atoms. The van der Waals surface area contributed by atoms with Crippen LogP contribution in [0.2, 0.25) is 0 Å². The van der Waals surface area contributed by atoms with Crippen molar-refractivity contribution in [1.82, 2.24) is 0 Å². The van der Waals surface area contributed by atoms with Crippen LogP contribution in [0.25, 0.3) is 0 Å². The Morgan fingerprint density at radius 3 is 1.56 bits per heavy atom. The molecule has 0 radical (unpaired) electrons. The summed E-state index contributed by atoms with van der Waals surface area (Å²) in [7, 11) is 1.66. The normalized spacial score (nSPS) is 14.1. The molecule has 0 aromatic carbocycles. The van der Waals surface area contributed by atoms with Gasteiger partial charge in [-0.1, -0.05) is 70.6 Å². The molecule has 2 unspecified atom stereocenters. The fourth-order valence-corrected chi connectivity index (χ4v) is 4.80. The molecule has 0 aromatic heterocycles. The molecule has 0 aliphatic carbocycles. The van der Waals surface area contributed by atoms with Gasteiger partial charge in [0, 0.05) is 26.1 Å². The number of hydrogen-bond donors (Lipinski definition) is 3. The smallest absolute Gasteiger partial charge is 0.472 e. The molecule has 244 valence electrons. The molecule has 0 saturated carbocycles. The number of hydrogen-bond acceptors (Lipinski definition) is 7. The van der Waals surface area contributed by atoms with E-state index >= 15 is 0 Å². The van der Waals surface area contributed by atoms with Gasteiger partial charge in [0.1, 0.15) is 19.3 Å². The quantitative estimate of drug-likeness (QED) is 0.0481. The molecule has 0 aliphatic rings. The zero-order valence-electron chi connectivity index (χ0n) is 25.9. The fraction of sp³-hybridized carbons (Fsp3) is 0.931. The largest absolute Gasteiger partial charge is 0.481 e. The van der Waals surface area contributed by atoms with Crippen molar-refractivity contribution in [3.05, 3.63) is 0 Å². The van der Waals surface area contributed by atoms with Crippen LogP contribution in [0.15, 0.2) is 0 Å². The van der Waals surface area contributed by atoms with E-state index in [4.69, 9.17) is 28.7 Å². The van der Waals surface area contributed by atoms with E-state index in [1.807, 2.05) is 21.1 Å². The van der Waals surface area contributed by atoms with Crippen molar-refractivity contribution in [2.75, 3.05) is 60.7 Å². The number of carboxylic acids is 2. The third-order valence-electron chi connectivity index (χ3n) is 6.56. The number of unbranched alkanes of at least 4 members (excludes halogenated alkanes) is 13. The second kappa shape index (κ2) is 25.4. The first-order valence-corrected chi connectivity index (χ1v) is 17.0. The Kier molecular flexibility index (Phi) is 24.8. The minimum atomic E-state index is -4.21. The van der Waals surface area contributed by atoms with Crippen molar-refractivity contribution in [3.63, 3.8) is 0 Å². The second-order valence-corrected chi connectivity index (χ2v) is 13.2. The predicted molar refractivity (Wildman–Crippen MR) is 159 cm³/mol. The molecule has 0 heterocycles. The second-order valence-electron chi connectivity index (χ2n) is 11.8. The standard InChI is InChI=1S/C29H58NO10P/c1-30(2,3)21-24-39-41(35,36)40-26-27(38-23-18-16-20-29(33)34)25-37-22-17-14-12-10-8-6-4-5-7-9-11-13-15-19-28(31)32/h27H,4-26H2,1-3H3,(H2-,31,32,33,34,35,36)/p+1. The molecule has 2 atom stereocenters. The van der Waals surface area contributed by atoms with E-state index in [9.17, 15) is 19.0 Å². The van der Waals surface area contributed by atoms with Crippen LogP contribution in [0.1, 0.15) is 109 Å². The highest BCUT2D eigenvalue weighted by Gasteiger charge is 2.25. The van der Waals surface area contributed by atoms with Crippen LogP contribution >= 0.6 is 7.82 Å². The number of ether oxygens (including phenoxy) is 2. The van der Waals surface area contributed by atoms with E-state index in [0.717, 1.165) is 38.5 Å². The van der Waals surface area contributed by atoms with Crippen molar-refractivity contribution in [1.29, 1.82) is 0 Å². The minimum absolute atomic E-state index is 0.0740. The van der Waals surface area contributed by atoms with Gasteiger partial charge in [-0.15, -0.1) is 0 Å². The summed E-state index contributed by atoms with van der Waals surface area (Å²) >= 11 is 0. The Morgan fingerprint density at radius 1 is 0.634 bits per heavy atom. The maximum atomic E-state index is 12.2. The van der Waals surface area contributed by atoms with Crippen LogP contribution in [0.5, 0.6) is 0 Å². The third kappa shape index (κ3) is 31.7. The molecule has 12 heteroatoms. The number of phosphoric ester groups is 1. The fourth-order valence-electron chi connectivity index (χ4n) is 4.06. The van der Waals surface area contributed by atoms with E-state index < -0.39 is 25.9 Å². The van der Waals surface area contributed by atoms with Crippen molar-refractivity contribution in [2.24, 2.45) is 0 Å². The number of rotatable bonds is 31. The molecule has 0 fully saturated rings. The van der Waals surface area contributed by atoms with Gasteiger partial charge < -0.3 is 29.1 Å². The van der Waals surface area contributed by atoms with E-state index in [1.54, 1.807) is 0 Å². The lowest BCUT2D eigenvalue weighted by Gasteiger charge is -2.24. The molecule has 0 aromatic rings. The topological polar surface area (TPSA) is 149 Å². The number of nitrogens with zero attached hydrogens (tertiary/aromatic N) is 1. The zero-order valence-corrected chi connectivity index (χ0v) is 26.8. The van der Waals surface area contributed by atoms with Crippen molar-refractivity contribution in [3.8, 4) is 0 Å². The van der Waals surface area contributed by atoms with Gasteiger partial charge in [-0.05, 0) is 25.7 Å². The highest BCUT2D eigenvalue weighted by molar-refractivity contribution is 7.47. The highest BCUT2D eigenvalue weighted by Crippen LogP contribution is 2.43. The van der Waals surface area contributed by atoms with E-state index in [-0.39, 0.29) is 32.7 Å². The van der Waals surface area contributed by atoms with Crippen molar-refractivity contribution >= 4 is 19.8 Å². The van der Waals surface area contributed by atoms with Gasteiger partial charge in [0.15, 0.2) is 0 Å². The van der Waals surface area contributed by atoms with Crippen LogP contribution in [-0.4, -0.2) is 98.4 Å². The van der Waals surface area contributed by atoms with Gasteiger partial charge in [0.2, 0.25) is 0 Å². The van der Waals surface area contributed by atoms with Crippen LogP contribution in [0.3, 0.4) is 0 Å². The lowest BCUT2D eigenvalue weighted by Crippen LogP contribution is -2.37. The zero-order chi connectivity index (χ0) is 30.8. The van der Waals surface area contributed by atoms with Crippen molar-refractivity contribution < 1.29 is 52.3 Å². The van der Waals surface area contributed by atoms with E-state index in [0.29, 0.717) is 37.1 Å². The summed E-state index contributed by atoms with van der Waals surface area (Å²) in [6.45, 7) is 1.60. The Balaban J connectivity index is 3.97. The summed E-state index contributed by atoms with van der Waals surface area (Å²) in [5.74, 6) is -1.55. The summed E-state index contributed by atoms with van der Waals surface area (Å²) in [5, 5.41) is 17.4. The van der Waals surface area contributed by atoms with Gasteiger partial charge in [0.05, 0.1) is 34.4 Å². The van der Waals surface area contributed by atoms with Crippen LogP contribution in [0.4, 0.5) is 0 Å². The summed E-state index contributed by atoms with van der Waals surface area (Å²) in [4.78, 5) is 31.1. The van der Waals surface area contributed by atoms with Gasteiger partial charge in [-0.2, -0.15) is 0 Å². The number of phosphoric acid groups is 1. The Bertz CT molecular complexity index is 702. The van der Waals surface area contributed by atoms with Crippen LogP contribution in [0, 0.1) is 0 Å². The summed E-state index contributed by atoms with van der Waals surface area (Å²) in [6, 6.07) is 0. The first-order chi connectivity index (χ1) is 19.4. The molecule has 0 rings (SSSR count). The molecular weight excluding hydrogens is 553 g/mol. The molecule has 0 aliphatic heterocycles. The Labute approximate surface area is 248 Å². The summed E-state index contributed by atoms with van der Waals surface area (Å²) in [5.41, 5.74) is 0. The van der Waals surface area contributed by atoms with Gasteiger partial charge in [0.25, 0.3) is 0 Å². The average molecular weight is 613 g/mol. The summed E-state index contributed by atoms with van der Waals surface area (Å²) in [6.07, 6.45) is 15.7. The lowest BCUT2D eigenvalue weighted by molar-refractivity contribution is -0.870. The summed E-state index contributed by atoms with van der Waals surface area (Å²) < 4.78 is 34.5. The number of likely N-dealkylation sites (N-methyl/N-ethyl adjacent to an activating group) is 1. The SMILES string of the molecule is C[N+](C)(C)CCOP(=O)(O)OCC(COCCCCCCCCCCCCCCCC(=O)O)OCCCCC(=O)O. The lowest BCUT2D eigenvalue weighted by atomic mass is 10.0. The van der Waals surface area contributed by atoms with Crippen LogP contribution < -0.4 is 0 Å². The first-order valence-electron chi connectivity index (χ1n) is 15.5.